The van der Waals surface area contributed by atoms with Crippen molar-refractivity contribution in [1.82, 2.24) is 4.98 Å². The Morgan fingerprint density at radius 2 is 1.79 bits per heavy atom. The van der Waals surface area contributed by atoms with Gasteiger partial charge < -0.3 is 0 Å². The molecule has 2 aromatic rings. The van der Waals surface area contributed by atoms with E-state index >= 15 is 0 Å². The van der Waals surface area contributed by atoms with Crippen molar-refractivity contribution in [3.8, 4) is 0 Å². The Kier molecular flexibility index (Phi) is 3.24. The molecule has 0 N–H and O–H groups in total. The summed E-state index contributed by atoms with van der Waals surface area (Å²) < 4.78 is 2.09. The molecule has 0 aliphatic rings. The normalized spacial score (nSPS) is 10.8. The molecule has 1 aromatic carbocycles. The van der Waals surface area contributed by atoms with Crippen molar-refractivity contribution < 1.29 is 0 Å². The molecule has 0 amide bonds. The number of alkyl halides is 1. The minimum absolute atomic E-state index is 0.788. The summed E-state index contributed by atoms with van der Waals surface area (Å²) in [5.41, 5.74) is 2.06. The number of pyridine rings is 1. The molecule has 0 saturated carbocycles. The van der Waals surface area contributed by atoms with E-state index in [1.54, 1.807) is 0 Å². The molecule has 0 spiro atoms. The summed E-state index contributed by atoms with van der Waals surface area (Å²) >= 11 is 10.3. The van der Waals surface area contributed by atoms with Gasteiger partial charge in [-0.25, -0.2) is 0 Å². The average molecular weight is 380 g/mol. The molecule has 0 saturated heterocycles. The lowest BCUT2D eigenvalue weighted by molar-refractivity contribution is 1.23. The molecule has 1 heterocycles. The van der Waals surface area contributed by atoms with Crippen molar-refractivity contribution in [3.63, 3.8) is 0 Å². The number of nitrogens with zero attached hydrogens (tertiary/aromatic N) is 1. The highest BCUT2D eigenvalue weighted by Crippen LogP contribution is 2.27. The van der Waals surface area contributed by atoms with Crippen LogP contribution >= 0.6 is 47.8 Å². The topological polar surface area (TPSA) is 12.9 Å². The minimum atomic E-state index is 0.788. The molecule has 0 aliphatic heterocycles. The van der Waals surface area contributed by atoms with Crippen LogP contribution in [0, 0.1) is 0 Å². The lowest BCUT2D eigenvalue weighted by atomic mass is 10.2. The fourth-order valence-electron chi connectivity index (χ4n) is 1.23. The van der Waals surface area contributed by atoms with Gasteiger partial charge >= 0.3 is 0 Å². The molecule has 1 nitrogen and oxygen atoms in total. The second-order valence-electron chi connectivity index (χ2n) is 2.90. The molecular formula is C10H6Br3N. The molecule has 0 bridgehead atoms. The number of halogens is 3. The van der Waals surface area contributed by atoms with Gasteiger partial charge in [0.15, 0.2) is 0 Å². The molecule has 0 atom stereocenters. The van der Waals surface area contributed by atoms with Crippen LogP contribution in [-0.4, -0.2) is 4.98 Å². The molecule has 2 rings (SSSR count). The maximum atomic E-state index is 4.50. The number of aromatic nitrogens is 1. The summed E-state index contributed by atoms with van der Waals surface area (Å²) in [5, 5.41) is 1.93. The molecule has 0 radical (unpaired) electrons. The van der Waals surface area contributed by atoms with E-state index < -0.39 is 0 Å². The summed E-state index contributed by atoms with van der Waals surface area (Å²) in [6.07, 6.45) is 0. The largest absolute Gasteiger partial charge is 0.252 e. The van der Waals surface area contributed by atoms with E-state index in [2.05, 4.69) is 64.9 Å². The third kappa shape index (κ3) is 2.02. The molecule has 0 unspecified atom stereocenters. The monoisotopic (exact) mass is 377 g/mol. The zero-order chi connectivity index (χ0) is 10.1. The van der Waals surface area contributed by atoms with Crippen LogP contribution < -0.4 is 0 Å². The molecule has 14 heavy (non-hydrogen) atoms. The fourth-order valence-corrected chi connectivity index (χ4v) is 2.24. The Bertz CT molecular complexity index is 482. The molecule has 72 valence electrons. The van der Waals surface area contributed by atoms with E-state index in [1.165, 1.54) is 0 Å². The van der Waals surface area contributed by atoms with Gasteiger partial charge in [0.1, 0.15) is 0 Å². The van der Waals surface area contributed by atoms with Crippen LogP contribution in [0.5, 0.6) is 0 Å². The van der Waals surface area contributed by atoms with Gasteiger partial charge in [0.25, 0.3) is 0 Å². The first-order valence-corrected chi connectivity index (χ1v) is 6.72. The molecule has 4 heteroatoms. The van der Waals surface area contributed by atoms with Gasteiger partial charge in [0, 0.05) is 19.7 Å². The highest BCUT2D eigenvalue weighted by molar-refractivity contribution is 9.13. The number of benzene rings is 1. The van der Waals surface area contributed by atoms with E-state index in [9.17, 15) is 0 Å². The Balaban J connectivity index is 2.70. The first-order chi connectivity index (χ1) is 6.70. The number of rotatable bonds is 1. The number of hydrogen-bond acceptors (Lipinski definition) is 1. The highest BCUT2D eigenvalue weighted by Gasteiger charge is 2.01. The van der Waals surface area contributed by atoms with Gasteiger partial charge in [-0.2, -0.15) is 0 Å². The number of hydrogen-bond donors (Lipinski definition) is 0. The van der Waals surface area contributed by atoms with E-state index in [1.807, 2.05) is 12.1 Å². The SMILES string of the molecule is BrCc1ccc2cc(Br)c(Br)cc2n1. The number of fused-ring (bicyclic) bond motifs is 1. The second-order valence-corrected chi connectivity index (χ2v) is 5.16. The van der Waals surface area contributed by atoms with Crippen molar-refractivity contribution in [3.05, 3.63) is 38.9 Å². The van der Waals surface area contributed by atoms with Gasteiger partial charge in [-0.1, -0.05) is 22.0 Å². The summed E-state index contributed by atoms with van der Waals surface area (Å²) in [6, 6.07) is 8.18. The van der Waals surface area contributed by atoms with Gasteiger partial charge in [0.05, 0.1) is 11.2 Å². The van der Waals surface area contributed by atoms with Crippen molar-refractivity contribution >= 4 is 58.7 Å². The van der Waals surface area contributed by atoms with Crippen molar-refractivity contribution in [1.29, 1.82) is 0 Å². The first kappa shape index (κ1) is 10.6. The molecule has 1 aromatic heterocycles. The Morgan fingerprint density at radius 3 is 2.50 bits per heavy atom. The van der Waals surface area contributed by atoms with Crippen LogP contribution in [0.2, 0.25) is 0 Å². The van der Waals surface area contributed by atoms with Crippen LogP contribution in [0.4, 0.5) is 0 Å². The minimum Gasteiger partial charge on any atom is -0.252 e. The Morgan fingerprint density at radius 1 is 1.07 bits per heavy atom. The lowest BCUT2D eigenvalue weighted by Gasteiger charge is -2.02. The summed E-state index contributed by atoms with van der Waals surface area (Å²) in [4.78, 5) is 4.50. The standard InChI is InChI=1S/C10H6Br3N/c11-5-7-2-1-6-3-8(12)9(13)4-10(6)14-7/h1-4H,5H2. The van der Waals surface area contributed by atoms with Crippen LogP contribution in [0.3, 0.4) is 0 Å². The molecule has 0 fully saturated rings. The summed E-state index contributed by atoms with van der Waals surface area (Å²) in [5.74, 6) is 0. The van der Waals surface area contributed by atoms with E-state index in [-0.39, 0.29) is 0 Å². The third-order valence-corrected chi connectivity index (χ3v) is 4.34. The van der Waals surface area contributed by atoms with Crippen molar-refractivity contribution in [2.75, 3.05) is 0 Å². The fraction of sp³-hybridized carbons (Fsp3) is 0.100. The quantitative estimate of drug-likeness (QED) is 0.657. The Hall–Kier alpha value is 0.0700. The smallest absolute Gasteiger partial charge is 0.0717 e. The van der Waals surface area contributed by atoms with Crippen molar-refractivity contribution in [2.24, 2.45) is 0 Å². The molecule has 0 aliphatic carbocycles. The molecular weight excluding hydrogens is 374 g/mol. The average Bonchev–Trinajstić information content (AvgIpc) is 2.19. The zero-order valence-corrected chi connectivity index (χ0v) is 11.9. The maximum Gasteiger partial charge on any atom is 0.0717 e. The van der Waals surface area contributed by atoms with E-state index in [4.69, 9.17) is 0 Å². The first-order valence-electron chi connectivity index (χ1n) is 4.01. The Labute approximate surface area is 107 Å². The third-order valence-electron chi connectivity index (χ3n) is 1.93. The van der Waals surface area contributed by atoms with Gasteiger partial charge in [-0.05, 0) is 50.1 Å². The van der Waals surface area contributed by atoms with Gasteiger partial charge in [0.2, 0.25) is 0 Å². The predicted octanol–water partition coefficient (Wildman–Crippen LogP) is 4.65. The van der Waals surface area contributed by atoms with E-state index in [0.29, 0.717) is 0 Å². The van der Waals surface area contributed by atoms with Crippen LogP contribution in [0.1, 0.15) is 5.69 Å². The van der Waals surface area contributed by atoms with Crippen LogP contribution in [-0.2, 0) is 5.33 Å². The predicted molar refractivity (Wildman–Crippen MR) is 69.8 cm³/mol. The van der Waals surface area contributed by atoms with Gasteiger partial charge in [-0.15, -0.1) is 0 Å². The van der Waals surface area contributed by atoms with Gasteiger partial charge in [-0.3, -0.25) is 4.98 Å². The second kappa shape index (κ2) is 4.29. The van der Waals surface area contributed by atoms with Crippen LogP contribution in [0.25, 0.3) is 10.9 Å². The van der Waals surface area contributed by atoms with Crippen LogP contribution in [0.15, 0.2) is 33.2 Å². The maximum absolute atomic E-state index is 4.50. The summed E-state index contributed by atoms with van der Waals surface area (Å²) in [7, 11) is 0. The summed E-state index contributed by atoms with van der Waals surface area (Å²) in [6.45, 7) is 0. The lowest BCUT2D eigenvalue weighted by Crippen LogP contribution is -1.86. The zero-order valence-electron chi connectivity index (χ0n) is 7.10. The van der Waals surface area contributed by atoms with E-state index in [0.717, 1.165) is 30.9 Å². The highest BCUT2D eigenvalue weighted by atomic mass is 79.9. The van der Waals surface area contributed by atoms with Crippen molar-refractivity contribution in [2.45, 2.75) is 5.33 Å².